The molecule has 0 rings (SSSR count). The van der Waals surface area contributed by atoms with Crippen LogP contribution >= 0.6 is 0 Å². The first-order chi connectivity index (χ1) is 5.22. The second-order valence-corrected chi connectivity index (χ2v) is 2.24. The maximum Gasteiger partial charge on any atom is 0.307 e. The molecule has 1 N–H and O–H groups in total. The van der Waals surface area contributed by atoms with E-state index < -0.39 is 11.9 Å². The summed E-state index contributed by atoms with van der Waals surface area (Å²) in [4.78, 5) is 20.4. The summed E-state index contributed by atoms with van der Waals surface area (Å²) < 4.78 is 0. The first-order valence-electron chi connectivity index (χ1n) is 3.50. The second-order valence-electron chi connectivity index (χ2n) is 2.24. The number of allylic oxidation sites excluding steroid dienone is 2. The van der Waals surface area contributed by atoms with Gasteiger partial charge in [-0.15, -0.1) is 0 Å². The maximum absolute atomic E-state index is 10.4. The lowest BCUT2D eigenvalue weighted by atomic mass is 10.0. The number of aliphatic carboxylic acids is 1. The maximum atomic E-state index is 10.4. The van der Waals surface area contributed by atoms with Crippen LogP contribution in [0.4, 0.5) is 0 Å². The molecule has 0 aromatic carbocycles. The van der Waals surface area contributed by atoms with E-state index in [0.29, 0.717) is 12.7 Å². The number of aldehydes is 1. The van der Waals surface area contributed by atoms with Crippen molar-refractivity contribution in [2.24, 2.45) is 5.92 Å². The van der Waals surface area contributed by atoms with Crippen molar-refractivity contribution < 1.29 is 14.7 Å². The van der Waals surface area contributed by atoms with Gasteiger partial charge in [-0.1, -0.05) is 12.2 Å². The molecule has 1 atom stereocenters. The average molecular weight is 156 g/mol. The molecule has 0 heterocycles. The monoisotopic (exact) mass is 156 g/mol. The number of carboxylic acid groups (broad SMARTS) is 1. The van der Waals surface area contributed by atoms with Crippen molar-refractivity contribution in [2.75, 3.05) is 0 Å². The fourth-order valence-corrected chi connectivity index (χ4v) is 0.714. The Bertz CT molecular complexity index is 161. The third kappa shape index (κ3) is 4.31. The summed E-state index contributed by atoms with van der Waals surface area (Å²) in [6.07, 6.45) is 4.70. The van der Waals surface area contributed by atoms with Crippen LogP contribution in [0.5, 0.6) is 0 Å². The van der Waals surface area contributed by atoms with Gasteiger partial charge in [0.2, 0.25) is 0 Å². The molecular weight excluding hydrogens is 144 g/mol. The molecule has 62 valence electrons. The number of hydrogen-bond donors (Lipinski definition) is 1. The molecule has 0 aliphatic carbocycles. The normalized spacial score (nSPS) is 13.2. The Morgan fingerprint density at radius 2 is 2.18 bits per heavy atom. The molecule has 0 bridgehead atoms. The van der Waals surface area contributed by atoms with E-state index in [1.807, 2.05) is 6.92 Å². The van der Waals surface area contributed by atoms with Gasteiger partial charge in [-0.05, 0) is 13.3 Å². The molecule has 0 amide bonds. The smallest absolute Gasteiger partial charge is 0.307 e. The number of carbonyl (C=O) groups is 2. The third-order valence-electron chi connectivity index (χ3n) is 1.39. The molecule has 0 aromatic heterocycles. The van der Waals surface area contributed by atoms with Crippen molar-refractivity contribution in [3.63, 3.8) is 0 Å². The van der Waals surface area contributed by atoms with E-state index in [1.54, 1.807) is 12.2 Å². The standard InChI is InChI=1S/C8H12O3/c1-2-3-4-7(5-6-9)8(10)11/h2-3,6-7H,4-5H2,1H3,(H,10,11)/b3-2+. The van der Waals surface area contributed by atoms with Crippen LogP contribution in [-0.4, -0.2) is 17.4 Å². The lowest BCUT2D eigenvalue weighted by Gasteiger charge is -2.03. The molecule has 3 heteroatoms. The van der Waals surface area contributed by atoms with Crippen molar-refractivity contribution in [1.29, 1.82) is 0 Å². The largest absolute Gasteiger partial charge is 0.481 e. The van der Waals surface area contributed by atoms with Crippen molar-refractivity contribution in [3.8, 4) is 0 Å². The van der Waals surface area contributed by atoms with Crippen molar-refractivity contribution in [1.82, 2.24) is 0 Å². The van der Waals surface area contributed by atoms with Gasteiger partial charge >= 0.3 is 5.97 Å². The number of carbonyl (C=O) groups excluding carboxylic acids is 1. The van der Waals surface area contributed by atoms with Crippen LogP contribution < -0.4 is 0 Å². The van der Waals surface area contributed by atoms with Crippen LogP contribution in [0.2, 0.25) is 0 Å². The van der Waals surface area contributed by atoms with Crippen LogP contribution in [0.25, 0.3) is 0 Å². The molecule has 0 aliphatic rings. The van der Waals surface area contributed by atoms with Crippen molar-refractivity contribution in [3.05, 3.63) is 12.2 Å². The Balaban J connectivity index is 3.88. The van der Waals surface area contributed by atoms with Gasteiger partial charge in [0.25, 0.3) is 0 Å². The quantitative estimate of drug-likeness (QED) is 0.481. The van der Waals surface area contributed by atoms with E-state index in [0.717, 1.165) is 0 Å². The average Bonchev–Trinajstić information content (AvgIpc) is 1.97. The Kier molecular flexibility index (Phi) is 5.07. The zero-order valence-corrected chi connectivity index (χ0v) is 6.49. The molecule has 0 saturated heterocycles. The topological polar surface area (TPSA) is 54.4 Å². The molecule has 0 fully saturated rings. The van der Waals surface area contributed by atoms with Crippen LogP contribution in [0.1, 0.15) is 19.8 Å². The first-order valence-corrected chi connectivity index (χ1v) is 3.50. The predicted octanol–water partition coefficient (Wildman–Crippen LogP) is 1.24. The highest BCUT2D eigenvalue weighted by Crippen LogP contribution is 2.07. The fourth-order valence-electron chi connectivity index (χ4n) is 0.714. The number of carboxylic acids is 1. The fraction of sp³-hybridized carbons (Fsp3) is 0.500. The van der Waals surface area contributed by atoms with Crippen LogP contribution in [0.15, 0.2) is 12.2 Å². The molecular formula is C8H12O3. The zero-order chi connectivity index (χ0) is 8.69. The van der Waals surface area contributed by atoms with E-state index in [2.05, 4.69) is 0 Å². The highest BCUT2D eigenvalue weighted by atomic mass is 16.4. The van der Waals surface area contributed by atoms with E-state index in [1.165, 1.54) is 0 Å². The summed E-state index contributed by atoms with van der Waals surface area (Å²) in [6.45, 7) is 1.82. The minimum Gasteiger partial charge on any atom is -0.481 e. The minimum absolute atomic E-state index is 0.0969. The molecule has 0 spiro atoms. The predicted molar refractivity (Wildman–Crippen MR) is 41.2 cm³/mol. The second kappa shape index (κ2) is 5.65. The Hall–Kier alpha value is -1.12. The van der Waals surface area contributed by atoms with E-state index in [4.69, 9.17) is 5.11 Å². The molecule has 11 heavy (non-hydrogen) atoms. The summed E-state index contributed by atoms with van der Waals surface area (Å²) in [7, 11) is 0. The minimum atomic E-state index is -0.907. The zero-order valence-electron chi connectivity index (χ0n) is 6.49. The van der Waals surface area contributed by atoms with Gasteiger partial charge in [0.05, 0.1) is 5.92 Å². The molecule has 1 unspecified atom stereocenters. The van der Waals surface area contributed by atoms with Crippen LogP contribution in [0.3, 0.4) is 0 Å². The van der Waals surface area contributed by atoms with Gasteiger partial charge in [-0.25, -0.2) is 0 Å². The first kappa shape index (κ1) is 9.88. The summed E-state index contributed by atoms with van der Waals surface area (Å²) >= 11 is 0. The number of hydrogen-bond acceptors (Lipinski definition) is 2. The molecule has 0 radical (unpaired) electrons. The molecule has 3 nitrogen and oxygen atoms in total. The lowest BCUT2D eigenvalue weighted by Crippen LogP contribution is -2.12. The highest BCUT2D eigenvalue weighted by Gasteiger charge is 2.14. The summed E-state index contributed by atoms with van der Waals surface area (Å²) in [6, 6.07) is 0. The van der Waals surface area contributed by atoms with Gasteiger partial charge in [0.1, 0.15) is 6.29 Å². The van der Waals surface area contributed by atoms with Gasteiger partial charge in [0.15, 0.2) is 0 Å². The van der Waals surface area contributed by atoms with Crippen LogP contribution in [0, 0.1) is 5.92 Å². The summed E-state index contributed by atoms with van der Waals surface area (Å²) in [5.41, 5.74) is 0. The Morgan fingerprint density at radius 1 is 1.55 bits per heavy atom. The van der Waals surface area contributed by atoms with Gasteiger partial charge in [-0.2, -0.15) is 0 Å². The molecule has 0 aliphatic heterocycles. The van der Waals surface area contributed by atoms with E-state index in [9.17, 15) is 9.59 Å². The van der Waals surface area contributed by atoms with Gasteiger partial charge in [-0.3, -0.25) is 4.79 Å². The third-order valence-corrected chi connectivity index (χ3v) is 1.39. The Labute approximate surface area is 65.7 Å². The molecule has 0 saturated carbocycles. The SMILES string of the molecule is C/C=C/CC(CC=O)C(=O)O. The van der Waals surface area contributed by atoms with Gasteiger partial charge in [0, 0.05) is 6.42 Å². The van der Waals surface area contributed by atoms with Crippen molar-refractivity contribution >= 4 is 12.3 Å². The van der Waals surface area contributed by atoms with Crippen LogP contribution in [-0.2, 0) is 9.59 Å². The Morgan fingerprint density at radius 3 is 2.55 bits per heavy atom. The van der Waals surface area contributed by atoms with Gasteiger partial charge < -0.3 is 9.90 Å². The lowest BCUT2D eigenvalue weighted by molar-refractivity contribution is -0.142. The summed E-state index contributed by atoms with van der Waals surface area (Å²) in [5, 5.41) is 8.54. The highest BCUT2D eigenvalue weighted by molar-refractivity contribution is 5.73. The number of rotatable bonds is 5. The van der Waals surface area contributed by atoms with E-state index in [-0.39, 0.29) is 6.42 Å². The summed E-state index contributed by atoms with van der Waals surface area (Å²) in [5.74, 6) is -1.46. The molecule has 0 aromatic rings. The van der Waals surface area contributed by atoms with E-state index >= 15 is 0 Å². The van der Waals surface area contributed by atoms with Crippen molar-refractivity contribution in [2.45, 2.75) is 19.8 Å².